The zero-order valence-electron chi connectivity index (χ0n) is 7.68. The van der Waals surface area contributed by atoms with Gasteiger partial charge in [0.25, 0.3) is 0 Å². The molecule has 0 saturated heterocycles. The summed E-state index contributed by atoms with van der Waals surface area (Å²) in [6.07, 6.45) is 0. The first-order valence-electron chi connectivity index (χ1n) is 4.38. The predicted molar refractivity (Wildman–Crippen MR) is 51.8 cm³/mol. The number of hydrogen-bond donors (Lipinski definition) is 0. The predicted octanol–water partition coefficient (Wildman–Crippen LogP) is 3.77. The maximum Gasteiger partial charge on any atom is 0.194 e. The summed E-state index contributed by atoms with van der Waals surface area (Å²) in [5.74, 6) is -3.78. The molecule has 2 rings (SSSR count). The van der Waals surface area contributed by atoms with E-state index in [4.69, 9.17) is 0 Å². The number of rotatable bonds is 1. The van der Waals surface area contributed by atoms with Crippen LogP contribution in [-0.4, -0.2) is 0 Å². The topological polar surface area (TPSA) is 0 Å². The molecule has 0 heterocycles. The summed E-state index contributed by atoms with van der Waals surface area (Å²) >= 11 is 0. The second-order valence-electron chi connectivity index (χ2n) is 3.12. The van der Waals surface area contributed by atoms with Gasteiger partial charge in [0, 0.05) is 0 Å². The fourth-order valence-electron chi connectivity index (χ4n) is 1.35. The van der Waals surface area contributed by atoms with E-state index in [2.05, 4.69) is 0 Å². The van der Waals surface area contributed by atoms with Gasteiger partial charge in [-0.2, -0.15) is 0 Å². The summed E-state index contributed by atoms with van der Waals surface area (Å²) in [7, 11) is 0. The Bertz CT molecular complexity index is 454. The lowest BCUT2D eigenvalue weighted by Gasteiger charge is -2.02. The molecule has 2 aromatic rings. The third kappa shape index (κ3) is 1.86. The molecule has 0 aliphatic carbocycles. The summed E-state index contributed by atoms with van der Waals surface area (Å²) in [6.45, 7) is 0. The maximum absolute atomic E-state index is 12.9. The first kappa shape index (κ1) is 9.77. The van der Waals surface area contributed by atoms with Crippen molar-refractivity contribution >= 4 is 0 Å². The number of halogens is 3. The van der Waals surface area contributed by atoms with E-state index in [-0.39, 0.29) is 0 Å². The molecule has 0 N–H and O–H groups in total. The lowest BCUT2D eigenvalue weighted by molar-refractivity contribution is 0.448. The minimum absolute atomic E-state index is 0.326. The highest BCUT2D eigenvalue weighted by Gasteiger charge is 2.10. The molecule has 3 heteroatoms. The monoisotopic (exact) mass is 208 g/mol. The first-order valence-corrected chi connectivity index (χ1v) is 4.38. The van der Waals surface area contributed by atoms with Crippen LogP contribution in [0.3, 0.4) is 0 Å². The van der Waals surface area contributed by atoms with Crippen LogP contribution in [0.5, 0.6) is 0 Å². The van der Waals surface area contributed by atoms with Gasteiger partial charge >= 0.3 is 0 Å². The van der Waals surface area contributed by atoms with E-state index in [0.717, 1.165) is 12.1 Å². The van der Waals surface area contributed by atoms with Crippen molar-refractivity contribution in [1.82, 2.24) is 0 Å². The molecular weight excluding hydrogens is 201 g/mol. The zero-order chi connectivity index (χ0) is 10.8. The van der Waals surface area contributed by atoms with E-state index in [0.29, 0.717) is 11.1 Å². The molecular formula is C12H7F3. The second-order valence-corrected chi connectivity index (χ2v) is 3.12. The molecule has 0 nitrogen and oxygen atoms in total. The van der Waals surface area contributed by atoms with Crippen LogP contribution < -0.4 is 0 Å². The largest absolute Gasteiger partial charge is 0.204 e. The van der Waals surface area contributed by atoms with Gasteiger partial charge in [-0.05, 0) is 23.3 Å². The Morgan fingerprint density at radius 1 is 0.667 bits per heavy atom. The van der Waals surface area contributed by atoms with Crippen LogP contribution in [0.15, 0.2) is 42.5 Å². The van der Waals surface area contributed by atoms with E-state index >= 15 is 0 Å². The van der Waals surface area contributed by atoms with Crippen molar-refractivity contribution in [3.63, 3.8) is 0 Å². The molecule has 0 aliphatic rings. The standard InChI is InChI=1S/C12H7F3/c13-10-6-9(7-11(14)12(10)15)8-4-2-1-3-5-8/h1-7H. The Morgan fingerprint density at radius 2 is 1.20 bits per heavy atom. The van der Waals surface area contributed by atoms with Crippen molar-refractivity contribution < 1.29 is 13.2 Å². The van der Waals surface area contributed by atoms with E-state index in [1.165, 1.54) is 0 Å². The highest BCUT2D eigenvalue weighted by atomic mass is 19.2. The summed E-state index contributed by atoms with van der Waals surface area (Å²) < 4.78 is 38.5. The van der Waals surface area contributed by atoms with Crippen molar-refractivity contribution in [1.29, 1.82) is 0 Å². The van der Waals surface area contributed by atoms with Crippen LogP contribution in [0.4, 0.5) is 13.2 Å². The normalized spacial score (nSPS) is 10.3. The Hall–Kier alpha value is -1.77. The Balaban J connectivity index is 2.56. The first-order chi connectivity index (χ1) is 7.18. The van der Waals surface area contributed by atoms with Crippen LogP contribution >= 0.6 is 0 Å². The maximum atomic E-state index is 12.9. The number of hydrogen-bond acceptors (Lipinski definition) is 0. The van der Waals surface area contributed by atoms with E-state index in [1.807, 2.05) is 0 Å². The molecule has 0 aromatic heterocycles. The van der Waals surface area contributed by atoms with Crippen molar-refractivity contribution in [2.24, 2.45) is 0 Å². The van der Waals surface area contributed by atoms with Gasteiger partial charge in [-0.25, -0.2) is 13.2 Å². The molecule has 0 fully saturated rings. The van der Waals surface area contributed by atoms with Crippen molar-refractivity contribution in [2.75, 3.05) is 0 Å². The summed E-state index contributed by atoms with van der Waals surface area (Å²) in [4.78, 5) is 0. The fraction of sp³-hybridized carbons (Fsp3) is 0. The third-order valence-corrected chi connectivity index (χ3v) is 2.09. The average Bonchev–Trinajstić information content (AvgIpc) is 2.26. The molecule has 0 atom stereocenters. The lowest BCUT2D eigenvalue weighted by atomic mass is 10.1. The molecule has 2 aromatic carbocycles. The van der Waals surface area contributed by atoms with Crippen molar-refractivity contribution in [2.45, 2.75) is 0 Å². The fourth-order valence-corrected chi connectivity index (χ4v) is 1.35. The summed E-state index contributed by atoms with van der Waals surface area (Å²) in [6, 6.07) is 10.6. The zero-order valence-corrected chi connectivity index (χ0v) is 7.68. The average molecular weight is 208 g/mol. The lowest BCUT2D eigenvalue weighted by Crippen LogP contribution is -1.91. The third-order valence-electron chi connectivity index (χ3n) is 2.09. The van der Waals surface area contributed by atoms with Gasteiger partial charge in [-0.15, -0.1) is 0 Å². The van der Waals surface area contributed by atoms with Crippen LogP contribution in [0, 0.1) is 17.5 Å². The second kappa shape index (κ2) is 3.77. The van der Waals surface area contributed by atoms with Gasteiger partial charge in [0.05, 0.1) is 0 Å². The van der Waals surface area contributed by atoms with Gasteiger partial charge in [-0.3, -0.25) is 0 Å². The molecule has 0 aliphatic heterocycles. The van der Waals surface area contributed by atoms with Crippen LogP contribution in [0.2, 0.25) is 0 Å². The molecule has 0 saturated carbocycles. The molecule has 0 radical (unpaired) electrons. The summed E-state index contributed by atoms with van der Waals surface area (Å²) in [5.41, 5.74) is 0.974. The molecule has 0 amide bonds. The van der Waals surface area contributed by atoms with Crippen LogP contribution in [0.25, 0.3) is 11.1 Å². The SMILES string of the molecule is Fc1cc(-c2ccccc2)cc(F)c1F. The van der Waals surface area contributed by atoms with Gasteiger partial charge in [0.1, 0.15) is 0 Å². The van der Waals surface area contributed by atoms with Crippen molar-refractivity contribution in [3.05, 3.63) is 59.9 Å². The van der Waals surface area contributed by atoms with Gasteiger partial charge < -0.3 is 0 Å². The van der Waals surface area contributed by atoms with Crippen LogP contribution in [0.1, 0.15) is 0 Å². The smallest absolute Gasteiger partial charge is 0.194 e. The molecule has 15 heavy (non-hydrogen) atoms. The van der Waals surface area contributed by atoms with Gasteiger partial charge in [0.15, 0.2) is 17.5 Å². The Kier molecular flexibility index (Phi) is 2.46. The Labute approximate surface area is 85.0 Å². The molecule has 0 unspecified atom stereocenters. The van der Waals surface area contributed by atoms with Gasteiger partial charge in [0.2, 0.25) is 0 Å². The Morgan fingerprint density at radius 3 is 1.73 bits per heavy atom. The molecule has 0 bridgehead atoms. The quantitative estimate of drug-likeness (QED) is 0.626. The molecule has 0 spiro atoms. The van der Waals surface area contributed by atoms with E-state index in [9.17, 15) is 13.2 Å². The van der Waals surface area contributed by atoms with Crippen LogP contribution in [-0.2, 0) is 0 Å². The molecule has 76 valence electrons. The minimum atomic E-state index is -1.44. The van der Waals surface area contributed by atoms with E-state index < -0.39 is 17.5 Å². The number of benzene rings is 2. The van der Waals surface area contributed by atoms with Gasteiger partial charge in [-0.1, -0.05) is 30.3 Å². The van der Waals surface area contributed by atoms with E-state index in [1.54, 1.807) is 30.3 Å². The minimum Gasteiger partial charge on any atom is -0.204 e. The highest BCUT2D eigenvalue weighted by Crippen LogP contribution is 2.23. The summed E-state index contributed by atoms with van der Waals surface area (Å²) in [5, 5.41) is 0. The van der Waals surface area contributed by atoms with Crippen molar-refractivity contribution in [3.8, 4) is 11.1 Å². The highest BCUT2D eigenvalue weighted by molar-refractivity contribution is 5.63.